The second-order valence-electron chi connectivity index (χ2n) is 8.80. The molecule has 7 rings (SSSR count). The van der Waals surface area contributed by atoms with E-state index in [2.05, 4.69) is 12.2 Å². The summed E-state index contributed by atoms with van der Waals surface area (Å²) in [6, 6.07) is 16.1. The first-order valence-electron chi connectivity index (χ1n) is 10.5. The first kappa shape index (κ1) is 17.6. The monoisotopic (exact) mass is 399 g/mol. The molecule has 3 fully saturated rings. The number of carbonyl (C=O) groups excluding carboxylic acids is 3. The molecule has 2 amide bonds. The predicted molar refractivity (Wildman–Crippen MR) is 109 cm³/mol. The van der Waals surface area contributed by atoms with Gasteiger partial charge >= 0.3 is 5.97 Å². The minimum atomic E-state index is -0.381. The molecule has 4 aliphatic carbocycles. The lowest BCUT2D eigenvalue weighted by atomic mass is 9.63. The second kappa shape index (κ2) is 6.39. The zero-order chi connectivity index (χ0) is 20.4. The number of carbonyl (C=O) groups is 3. The maximum atomic E-state index is 13.2. The Morgan fingerprint density at radius 1 is 0.900 bits per heavy atom. The van der Waals surface area contributed by atoms with Crippen molar-refractivity contribution in [3.05, 3.63) is 72.3 Å². The highest BCUT2D eigenvalue weighted by molar-refractivity contribution is 6.22. The highest BCUT2D eigenvalue weighted by atomic mass is 16.5. The van der Waals surface area contributed by atoms with Crippen molar-refractivity contribution in [1.82, 2.24) is 0 Å². The lowest BCUT2D eigenvalue weighted by Crippen LogP contribution is -2.40. The summed E-state index contributed by atoms with van der Waals surface area (Å²) in [6.45, 7) is 0. The van der Waals surface area contributed by atoms with E-state index in [4.69, 9.17) is 4.74 Å². The average Bonchev–Trinajstić information content (AvgIpc) is 3.52. The Kier molecular flexibility index (Phi) is 3.76. The molecule has 0 radical (unpaired) electrons. The first-order valence-corrected chi connectivity index (χ1v) is 10.5. The lowest BCUT2D eigenvalue weighted by Gasteiger charge is -2.37. The minimum absolute atomic E-state index is 0.109. The van der Waals surface area contributed by atoms with E-state index in [0.29, 0.717) is 23.3 Å². The van der Waals surface area contributed by atoms with Crippen LogP contribution in [0.3, 0.4) is 0 Å². The molecule has 0 unspecified atom stereocenters. The Morgan fingerprint density at radius 3 is 2.23 bits per heavy atom. The quantitative estimate of drug-likeness (QED) is 0.342. The number of hydrogen-bond donors (Lipinski definition) is 0. The molecule has 2 aromatic carbocycles. The number of ether oxygens (including phenoxy) is 1. The third-order valence-electron chi connectivity index (χ3n) is 7.16. The number of amides is 2. The van der Waals surface area contributed by atoms with Gasteiger partial charge < -0.3 is 4.74 Å². The van der Waals surface area contributed by atoms with Crippen LogP contribution in [0, 0.1) is 35.5 Å². The van der Waals surface area contributed by atoms with Gasteiger partial charge in [-0.2, -0.15) is 0 Å². The summed E-state index contributed by atoms with van der Waals surface area (Å²) in [5, 5.41) is 0. The van der Waals surface area contributed by atoms with E-state index >= 15 is 0 Å². The predicted octanol–water partition coefficient (Wildman–Crippen LogP) is 3.39. The molecule has 2 aromatic rings. The number of rotatable bonds is 4. The summed E-state index contributed by atoms with van der Waals surface area (Å²) < 4.78 is 5.49. The van der Waals surface area contributed by atoms with Gasteiger partial charge in [0.05, 0.1) is 23.9 Å². The molecule has 150 valence electrons. The van der Waals surface area contributed by atoms with Crippen molar-refractivity contribution < 1.29 is 19.1 Å². The molecule has 6 atom stereocenters. The number of anilines is 1. The summed E-state index contributed by atoms with van der Waals surface area (Å²) in [5.74, 6) is 0.801. The van der Waals surface area contributed by atoms with Crippen LogP contribution in [0.1, 0.15) is 12.0 Å². The maximum Gasteiger partial charge on any atom is 0.315 e. The molecule has 0 N–H and O–H groups in total. The van der Waals surface area contributed by atoms with Gasteiger partial charge in [0, 0.05) is 6.07 Å². The minimum Gasteiger partial charge on any atom is -0.426 e. The second-order valence-corrected chi connectivity index (χ2v) is 8.80. The Balaban J connectivity index is 1.23. The topological polar surface area (TPSA) is 63.7 Å². The van der Waals surface area contributed by atoms with Crippen molar-refractivity contribution >= 4 is 23.5 Å². The summed E-state index contributed by atoms with van der Waals surface area (Å²) >= 11 is 0. The number of imide groups is 1. The maximum absolute atomic E-state index is 13.2. The number of allylic oxidation sites excluding steroid dienone is 2. The van der Waals surface area contributed by atoms with Crippen LogP contribution in [-0.4, -0.2) is 17.8 Å². The fourth-order valence-electron chi connectivity index (χ4n) is 5.83. The van der Waals surface area contributed by atoms with Crippen molar-refractivity contribution in [3.8, 4) is 5.75 Å². The van der Waals surface area contributed by atoms with Gasteiger partial charge in [-0.15, -0.1) is 0 Å². The van der Waals surface area contributed by atoms with Gasteiger partial charge in [0.15, 0.2) is 0 Å². The van der Waals surface area contributed by atoms with Gasteiger partial charge in [0.2, 0.25) is 11.8 Å². The van der Waals surface area contributed by atoms with E-state index in [1.54, 1.807) is 24.3 Å². The molecule has 1 aliphatic heterocycles. The fraction of sp³-hybridized carbons (Fsp3) is 0.320. The molecule has 1 saturated heterocycles. The van der Waals surface area contributed by atoms with Gasteiger partial charge in [-0.25, -0.2) is 4.90 Å². The van der Waals surface area contributed by atoms with Crippen LogP contribution in [0.15, 0.2) is 66.7 Å². The Labute approximate surface area is 174 Å². The molecule has 5 heteroatoms. The van der Waals surface area contributed by atoms with Crippen LogP contribution in [0.25, 0.3) is 0 Å². The third-order valence-corrected chi connectivity index (χ3v) is 7.16. The summed E-state index contributed by atoms with van der Waals surface area (Å²) in [6.07, 6.45) is 5.63. The van der Waals surface area contributed by atoms with Crippen LogP contribution in [0.5, 0.6) is 5.75 Å². The zero-order valence-corrected chi connectivity index (χ0v) is 16.3. The summed E-state index contributed by atoms with van der Waals surface area (Å²) in [5.41, 5.74) is 1.35. The smallest absolute Gasteiger partial charge is 0.315 e. The molecule has 0 aromatic heterocycles. The fourth-order valence-corrected chi connectivity index (χ4v) is 5.83. The molecule has 2 saturated carbocycles. The first-order chi connectivity index (χ1) is 14.6. The van der Waals surface area contributed by atoms with Gasteiger partial charge in [-0.1, -0.05) is 48.6 Å². The van der Waals surface area contributed by atoms with E-state index in [9.17, 15) is 14.4 Å². The largest absolute Gasteiger partial charge is 0.426 e. The highest BCUT2D eigenvalue weighted by Gasteiger charge is 2.67. The van der Waals surface area contributed by atoms with E-state index in [1.807, 2.05) is 30.3 Å². The average molecular weight is 399 g/mol. The third kappa shape index (κ3) is 2.58. The van der Waals surface area contributed by atoms with Crippen LogP contribution in [0.4, 0.5) is 5.69 Å². The van der Waals surface area contributed by atoms with Crippen molar-refractivity contribution in [3.63, 3.8) is 0 Å². The summed E-state index contributed by atoms with van der Waals surface area (Å²) in [7, 11) is 0. The standard InChI is InChI=1S/C25H21NO4/c27-21(11-14-5-2-1-3-6-14)30-16-8-4-7-15(12-16)26-24(28)22-17-9-10-18(20-13-19(17)20)23(22)25(26)29/h1-10,12,17-20,22-23H,11,13H2/t17-,18-,19-,20+,22+,23+/m0/s1. The van der Waals surface area contributed by atoms with Crippen molar-refractivity contribution in [2.75, 3.05) is 4.90 Å². The molecule has 1 heterocycles. The van der Waals surface area contributed by atoms with E-state index in [0.717, 1.165) is 12.0 Å². The highest BCUT2D eigenvalue weighted by Crippen LogP contribution is 2.65. The Bertz CT molecular complexity index is 1060. The molecule has 0 spiro atoms. The normalized spacial score (nSPS) is 32.7. The number of esters is 1. The summed E-state index contributed by atoms with van der Waals surface area (Å²) in [4.78, 5) is 40.1. The SMILES string of the molecule is O=C(Cc1ccccc1)Oc1cccc(N2C(=O)[C@@H]3[C@H]4C=C[C@@H]([C@@H]5C[C@H]45)[C@H]3C2=O)c1. The molecule has 2 bridgehead atoms. The van der Waals surface area contributed by atoms with Crippen LogP contribution in [0.2, 0.25) is 0 Å². The van der Waals surface area contributed by atoms with E-state index < -0.39 is 0 Å². The van der Waals surface area contributed by atoms with Gasteiger partial charge in [-0.05, 0) is 47.8 Å². The van der Waals surface area contributed by atoms with Crippen molar-refractivity contribution in [1.29, 1.82) is 0 Å². The molecule has 30 heavy (non-hydrogen) atoms. The Hall–Kier alpha value is -3.21. The van der Waals surface area contributed by atoms with Gasteiger partial charge in [-0.3, -0.25) is 14.4 Å². The number of nitrogens with zero attached hydrogens (tertiary/aromatic N) is 1. The Morgan fingerprint density at radius 2 is 1.57 bits per heavy atom. The molecule has 5 nitrogen and oxygen atoms in total. The molecular formula is C25H21NO4. The molecule has 5 aliphatic rings. The zero-order valence-electron chi connectivity index (χ0n) is 16.3. The van der Waals surface area contributed by atoms with Gasteiger partial charge in [0.1, 0.15) is 5.75 Å². The van der Waals surface area contributed by atoms with Gasteiger partial charge in [0.25, 0.3) is 0 Å². The van der Waals surface area contributed by atoms with Crippen LogP contribution >= 0.6 is 0 Å². The van der Waals surface area contributed by atoms with Crippen LogP contribution < -0.4 is 9.64 Å². The van der Waals surface area contributed by atoms with E-state index in [-0.39, 0.29) is 47.9 Å². The number of hydrogen-bond acceptors (Lipinski definition) is 4. The van der Waals surface area contributed by atoms with Crippen LogP contribution in [-0.2, 0) is 20.8 Å². The molecular weight excluding hydrogens is 378 g/mol. The number of benzene rings is 2. The van der Waals surface area contributed by atoms with E-state index in [1.165, 1.54) is 4.90 Å². The van der Waals surface area contributed by atoms with Crippen molar-refractivity contribution in [2.45, 2.75) is 12.8 Å². The lowest BCUT2D eigenvalue weighted by molar-refractivity contribution is -0.133. The van der Waals surface area contributed by atoms with Crippen molar-refractivity contribution in [2.24, 2.45) is 35.5 Å².